The number of carbonyl (C=O) groups excluding carboxylic acids is 1. The summed E-state index contributed by atoms with van der Waals surface area (Å²) >= 11 is 0. The first-order valence-electron chi connectivity index (χ1n) is 6.52. The molecular formula is C15H17NO2. The second kappa shape index (κ2) is 4.94. The first-order valence-corrected chi connectivity index (χ1v) is 6.52. The van der Waals surface area contributed by atoms with Crippen LogP contribution in [0, 0.1) is 5.92 Å². The van der Waals surface area contributed by atoms with Crippen LogP contribution < -0.4 is 5.32 Å². The summed E-state index contributed by atoms with van der Waals surface area (Å²) in [6.45, 7) is 2.65. The van der Waals surface area contributed by atoms with Crippen LogP contribution in [-0.2, 0) is 11.3 Å². The Bertz CT molecular complexity index is 487. The van der Waals surface area contributed by atoms with Gasteiger partial charge >= 0.3 is 5.97 Å². The van der Waals surface area contributed by atoms with E-state index in [1.54, 1.807) is 0 Å². The molecule has 0 spiro atoms. The fraction of sp³-hybridized carbons (Fsp3) is 0.400. The van der Waals surface area contributed by atoms with Crippen molar-refractivity contribution in [2.75, 3.05) is 13.1 Å². The summed E-state index contributed by atoms with van der Waals surface area (Å²) in [4.78, 5) is 11.3. The van der Waals surface area contributed by atoms with Gasteiger partial charge in [-0.05, 0) is 49.5 Å². The predicted molar refractivity (Wildman–Crippen MR) is 70.2 cm³/mol. The smallest absolute Gasteiger partial charge is 0.338 e. The van der Waals surface area contributed by atoms with Crippen LogP contribution in [0.15, 0.2) is 24.3 Å². The number of hydrogen-bond acceptors (Lipinski definition) is 3. The van der Waals surface area contributed by atoms with Crippen molar-refractivity contribution in [2.45, 2.75) is 19.4 Å². The van der Waals surface area contributed by atoms with Gasteiger partial charge in [0.05, 0.1) is 5.56 Å². The monoisotopic (exact) mass is 243 g/mol. The minimum absolute atomic E-state index is 0.195. The van der Waals surface area contributed by atoms with E-state index in [4.69, 9.17) is 4.74 Å². The van der Waals surface area contributed by atoms with Crippen molar-refractivity contribution in [2.24, 2.45) is 5.92 Å². The van der Waals surface area contributed by atoms with Crippen LogP contribution >= 0.6 is 0 Å². The number of fused-ring (bicyclic) bond motifs is 1. The van der Waals surface area contributed by atoms with Crippen LogP contribution in [0.4, 0.5) is 0 Å². The molecule has 0 aliphatic carbocycles. The Kier molecular flexibility index (Phi) is 3.15. The first-order chi connectivity index (χ1) is 8.83. The SMILES string of the molecule is O=C1OCc2cc(/C=C/C3CCNCC3)ccc21. The quantitative estimate of drug-likeness (QED) is 0.810. The zero-order valence-electron chi connectivity index (χ0n) is 10.3. The molecule has 2 heterocycles. The van der Waals surface area contributed by atoms with E-state index in [9.17, 15) is 4.79 Å². The lowest BCUT2D eigenvalue weighted by atomic mass is 9.96. The van der Waals surface area contributed by atoms with Gasteiger partial charge in [-0.3, -0.25) is 0 Å². The summed E-state index contributed by atoms with van der Waals surface area (Å²) in [5.74, 6) is 0.483. The molecule has 0 aromatic heterocycles. The summed E-state index contributed by atoms with van der Waals surface area (Å²) in [6.07, 6.45) is 6.88. The number of cyclic esters (lactones) is 1. The highest BCUT2D eigenvalue weighted by Gasteiger charge is 2.20. The number of piperidine rings is 1. The molecule has 0 bridgehead atoms. The lowest BCUT2D eigenvalue weighted by molar-refractivity contribution is 0.0535. The van der Waals surface area contributed by atoms with Gasteiger partial charge in [0.1, 0.15) is 6.61 Å². The van der Waals surface area contributed by atoms with Crippen molar-refractivity contribution in [1.82, 2.24) is 5.32 Å². The van der Waals surface area contributed by atoms with E-state index >= 15 is 0 Å². The summed E-state index contributed by atoms with van der Waals surface area (Å²) in [6, 6.07) is 5.91. The predicted octanol–water partition coefficient (Wildman–Crippen LogP) is 2.37. The molecular weight excluding hydrogens is 226 g/mol. The van der Waals surface area contributed by atoms with Crippen LogP contribution in [0.2, 0.25) is 0 Å². The Morgan fingerprint density at radius 2 is 2.11 bits per heavy atom. The Morgan fingerprint density at radius 3 is 2.94 bits per heavy atom. The molecule has 3 nitrogen and oxygen atoms in total. The third kappa shape index (κ3) is 2.31. The second-order valence-electron chi connectivity index (χ2n) is 4.94. The van der Waals surface area contributed by atoms with Gasteiger partial charge in [-0.2, -0.15) is 0 Å². The fourth-order valence-corrected chi connectivity index (χ4v) is 2.54. The van der Waals surface area contributed by atoms with E-state index in [1.807, 2.05) is 12.1 Å². The fourth-order valence-electron chi connectivity index (χ4n) is 2.54. The number of rotatable bonds is 2. The minimum atomic E-state index is -0.195. The maximum Gasteiger partial charge on any atom is 0.338 e. The number of carbonyl (C=O) groups is 1. The maximum absolute atomic E-state index is 11.3. The Hall–Kier alpha value is -1.61. The molecule has 2 aliphatic rings. The largest absolute Gasteiger partial charge is 0.457 e. The van der Waals surface area contributed by atoms with Crippen LogP contribution in [-0.4, -0.2) is 19.1 Å². The highest BCUT2D eigenvalue weighted by molar-refractivity contribution is 5.93. The molecule has 0 unspecified atom stereocenters. The Morgan fingerprint density at radius 1 is 1.28 bits per heavy atom. The number of esters is 1. The van der Waals surface area contributed by atoms with Crippen molar-refractivity contribution in [3.8, 4) is 0 Å². The average molecular weight is 243 g/mol. The standard InChI is InChI=1S/C15H17NO2/c17-15-14-4-3-12(9-13(14)10-18-15)2-1-11-5-7-16-8-6-11/h1-4,9,11,16H,5-8,10H2/b2-1+. The number of ether oxygens (including phenoxy) is 1. The summed E-state index contributed by atoms with van der Waals surface area (Å²) in [5, 5.41) is 3.36. The second-order valence-corrected chi connectivity index (χ2v) is 4.94. The number of hydrogen-bond donors (Lipinski definition) is 1. The minimum Gasteiger partial charge on any atom is -0.457 e. The van der Waals surface area contributed by atoms with Gasteiger partial charge < -0.3 is 10.1 Å². The van der Waals surface area contributed by atoms with Crippen molar-refractivity contribution in [3.63, 3.8) is 0 Å². The third-order valence-electron chi connectivity index (χ3n) is 3.65. The van der Waals surface area contributed by atoms with Gasteiger partial charge in [-0.15, -0.1) is 0 Å². The maximum atomic E-state index is 11.3. The summed E-state index contributed by atoms with van der Waals surface area (Å²) in [5.41, 5.74) is 2.88. The molecule has 1 fully saturated rings. The third-order valence-corrected chi connectivity index (χ3v) is 3.65. The molecule has 3 rings (SSSR count). The van der Waals surface area contributed by atoms with Crippen molar-refractivity contribution in [1.29, 1.82) is 0 Å². The lowest BCUT2D eigenvalue weighted by Crippen LogP contribution is -2.26. The summed E-state index contributed by atoms with van der Waals surface area (Å²) < 4.78 is 5.00. The number of nitrogens with one attached hydrogen (secondary N) is 1. The normalized spacial score (nSPS) is 20.1. The van der Waals surface area contributed by atoms with E-state index in [0.29, 0.717) is 18.1 Å². The van der Waals surface area contributed by atoms with Gasteiger partial charge in [0.25, 0.3) is 0 Å². The van der Waals surface area contributed by atoms with E-state index in [1.165, 1.54) is 12.8 Å². The molecule has 18 heavy (non-hydrogen) atoms. The summed E-state index contributed by atoms with van der Waals surface area (Å²) in [7, 11) is 0. The number of allylic oxidation sites excluding steroid dienone is 1. The van der Waals surface area contributed by atoms with Gasteiger partial charge in [-0.1, -0.05) is 18.2 Å². The molecule has 1 aromatic carbocycles. The zero-order chi connectivity index (χ0) is 12.4. The van der Waals surface area contributed by atoms with Crippen molar-refractivity contribution < 1.29 is 9.53 Å². The lowest BCUT2D eigenvalue weighted by Gasteiger charge is -2.19. The molecule has 1 N–H and O–H groups in total. The molecule has 2 aliphatic heterocycles. The van der Waals surface area contributed by atoms with Gasteiger partial charge in [0.2, 0.25) is 0 Å². The van der Waals surface area contributed by atoms with Crippen molar-refractivity contribution >= 4 is 12.0 Å². The van der Waals surface area contributed by atoms with Gasteiger partial charge in [0.15, 0.2) is 0 Å². The van der Waals surface area contributed by atoms with Crippen LogP contribution in [0.1, 0.15) is 34.3 Å². The molecule has 1 saturated heterocycles. The van der Waals surface area contributed by atoms with Gasteiger partial charge in [-0.25, -0.2) is 4.79 Å². The van der Waals surface area contributed by atoms with Gasteiger partial charge in [0, 0.05) is 5.56 Å². The average Bonchev–Trinajstić information content (AvgIpc) is 2.79. The molecule has 0 amide bonds. The van der Waals surface area contributed by atoms with E-state index in [0.717, 1.165) is 24.2 Å². The Labute approximate surface area is 107 Å². The molecule has 3 heteroatoms. The highest BCUT2D eigenvalue weighted by Crippen LogP contribution is 2.22. The van der Waals surface area contributed by atoms with Crippen LogP contribution in [0.3, 0.4) is 0 Å². The highest BCUT2D eigenvalue weighted by atomic mass is 16.5. The van der Waals surface area contributed by atoms with E-state index in [2.05, 4.69) is 23.5 Å². The van der Waals surface area contributed by atoms with E-state index in [-0.39, 0.29) is 5.97 Å². The zero-order valence-corrected chi connectivity index (χ0v) is 10.3. The van der Waals surface area contributed by atoms with E-state index < -0.39 is 0 Å². The van der Waals surface area contributed by atoms with Crippen LogP contribution in [0.5, 0.6) is 0 Å². The Balaban J connectivity index is 1.73. The van der Waals surface area contributed by atoms with Crippen molar-refractivity contribution in [3.05, 3.63) is 41.0 Å². The molecule has 0 atom stereocenters. The topological polar surface area (TPSA) is 38.3 Å². The molecule has 1 aromatic rings. The van der Waals surface area contributed by atoms with Crippen LogP contribution in [0.25, 0.3) is 6.08 Å². The number of benzene rings is 1. The molecule has 94 valence electrons. The first kappa shape index (κ1) is 11.5. The molecule has 0 saturated carbocycles. The molecule has 0 radical (unpaired) electrons.